The molecule has 146 valence electrons. The Labute approximate surface area is 158 Å². The summed E-state index contributed by atoms with van der Waals surface area (Å²) in [5.41, 5.74) is 0.745. The van der Waals surface area contributed by atoms with Gasteiger partial charge in [-0.3, -0.25) is 4.79 Å². The lowest BCUT2D eigenvalue weighted by atomic mass is 9.96. The van der Waals surface area contributed by atoms with E-state index in [4.69, 9.17) is 9.47 Å². The van der Waals surface area contributed by atoms with Crippen molar-refractivity contribution in [2.75, 3.05) is 53.0 Å². The maximum atomic E-state index is 12.0. The minimum absolute atomic E-state index is 0.109. The molecule has 0 N–H and O–H groups in total. The van der Waals surface area contributed by atoms with Gasteiger partial charge in [0.1, 0.15) is 6.61 Å². The van der Waals surface area contributed by atoms with Crippen LogP contribution in [0.25, 0.3) is 5.65 Å². The van der Waals surface area contributed by atoms with E-state index >= 15 is 0 Å². The highest BCUT2D eigenvalue weighted by atomic mass is 16.5. The standard InChI is InChI=1S/C18H26N6O3/c1-26-16-4-3-15-19-20-18(24(15)21-16)14-5-8-22(9-6-14)10-11-23-7-2-12-27-13-17(23)25/h3-4,14H,2,5-13H2,1H3. The molecule has 9 nitrogen and oxygen atoms in total. The van der Waals surface area contributed by atoms with Gasteiger partial charge in [-0.05, 0) is 38.4 Å². The van der Waals surface area contributed by atoms with Crippen molar-refractivity contribution in [3.8, 4) is 5.88 Å². The summed E-state index contributed by atoms with van der Waals surface area (Å²) in [4.78, 5) is 16.4. The van der Waals surface area contributed by atoms with Crippen molar-refractivity contribution in [3.05, 3.63) is 18.0 Å². The summed E-state index contributed by atoms with van der Waals surface area (Å²) < 4.78 is 12.3. The molecule has 0 radical (unpaired) electrons. The first kappa shape index (κ1) is 18.1. The monoisotopic (exact) mass is 374 g/mol. The third kappa shape index (κ3) is 4.03. The van der Waals surface area contributed by atoms with E-state index in [0.717, 1.165) is 63.5 Å². The molecule has 4 heterocycles. The fraction of sp³-hybridized carbons (Fsp3) is 0.667. The Kier molecular flexibility index (Phi) is 5.49. The smallest absolute Gasteiger partial charge is 0.248 e. The van der Waals surface area contributed by atoms with Gasteiger partial charge in [0.2, 0.25) is 11.8 Å². The normalized spacial score (nSPS) is 20.2. The number of ether oxygens (including phenoxy) is 2. The van der Waals surface area contributed by atoms with Gasteiger partial charge in [-0.15, -0.1) is 15.3 Å². The number of amides is 1. The lowest BCUT2D eigenvalue weighted by molar-refractivity contribution is -0.134. The summed E-state index contributed by atoms with van der Waals surface area (Å²) in [7, 11) is 1.61. The second kappa shape index (κ2) is 8.18. The number of methoxy groups -OCH3 is 1. The molecular formula is C18H26N6O3. The van der Waals surface area contributed by atoms with Gasteiger partial charge in [0.15, 0.2) is 11.5 Å². The maximum absolute atomic E-state index is 12.0. The third-order valence-electron chi connectivity index (χ3n) is 5.41. The van der Waals surface area contributed by atoms with Crippen molar-refractivity contribution >= 4 is 11.6 Å². The quantitative estimate of drug-likeness (QED) is 0.756. The highest BCUT2D eigenvalue weighted by Gasteiger charge is 2.26. The molecule has 2 aromatic heterocycles. The molecule has 2 fully saturated rings. The summed E-state index contributed by atoms with van der Waals surface area (Å²) in [6, 6.07) is 3.67. The van der Waals surface area contributed by atoms with Crippen LogP contribution in [0.5, 0.6) is 5.88 Å². The molecule has 9 heteroatoms. The molecular weight excluding hydrogens is 348 g/mol. The predicted molar refractivity (Wildman–Crippen MR) is 97.8 cm³/mol. The van der Waals surface area contributed by atoms with Crippen molar-refractivity contribution in [2.24, 2.45) is 0 Å². The molecule has 4 rings (SSSR count). The SMILES string of the molecule is COc1ccc2nnc(C3CCN(CCN4CCCOCC4=O)CC3)n2n1. The van der Waals surface area contributed by atoms with E-state index < -0.39 is 0 Å². The average molecular weight is 374 g/mol. The Hall–Kier alpha value is -2.26. The minimum atomic E-state index is 0.109. The maximum Gasteiger partial charge on any atom is 0.248 e. The van der Waals surface area contributed by atoms with Crippen molar-refractivity contribution in [2.45, 2.75) is 25.2 Å². The first-order valence-corrected chi connectivity index (χ1v) is 9.59. The van der Waals surface area contributed by atoms with Gasteiger partial charge in [0, 0.05) is 38.2 Å². The van der Waals surface area contributed by atoms with Crippen LogP contribution in [0.2, 0.25) is 0 Å². The number of likely N-dealkylation sites (tertiary alicyclic amines) is 1. The number of carbonyl (C=O) groups is 1. The Bertz CT molecular complexity index is 786. The van der Waals surface area contributed by atoms with E-state index in [1.807, 2.05) is 11.0 Å². The molecule has 0 unspecified atom stereocenters. The first-order valence-electron chi connectivity index (χ1n) is 9.59. The van der Waals surface area contributed by atoms with Crippen LogP contribution in [0.1, 0.15) is 31.0 Å². The molecule has 2 saturated heterocycles. The van der Waals surface area contributed by atoms with E-state index in [1.165, 1.54) is 0 Å². The summed E-state index contributed by atoms with van der Waals surface area (Å²) in [5, 5.41) is 13.1. The lowest BCUT2D eigenvalue weighted by Crippen LogP contribution is -2.42. The Morgan fingerprint density at radius 1 is 1.19 bits per heavy atom. The van der Waals surface area contributed by atoms with Gasteiger partial charge in [-0.25, -0.2) is 0 Å². The number of nitrogens with zero attached hydrogens (tertiary/aromatic N) is 6. The van der Waals surface area contributed by atoms with Crippen LogP contribution in [0, 0.1) is 0 Å². The number of rotatable bonds is 5. The average Bonchev–Trinajstić information content (AvgIpc) is 3.02. The highest BCUT2D eigenvalue weighted by molar-refractivity contribution is 5.77. The second-order valence-corrected chi connectivity index (χ2v) is 7.11. The van der Waals surface area contributed by atoms with Crippen LogP contribution in [0.4, 0.5) is 0 Å². The molecule has 2 aliphatic heterocycles. The second-order valence-electron chi connectivity index (χ2n) is 7.11. The van der Waals surface area contributed by atoms with E-state index in [-0.39, 0.29) is 12.5 Å². The third-order valence-corrected chi connectivity index (χ3v) is 5.41. The number of aromatic nitrogens is 4. The van der Waals surface area contributed by atoms with Crippen molar-refractivity contribution in [1.82, 2.24) is 29.6 Å². The largest absolute Gasteiger partial charge is 0.480 e. The van der Waals surface area contributed by atoms with E-state index in [0.29, 0.717) is 18.4 Å². The number of piperidine rings is 1. The van der Waals surface area contributed by atoms with Gasteiger partial charge in [0.25, 0.3) is 0 Å². The predicted octanol–water partition coefficient (Wildman–Crippen LogP) is 0.561. The summed E-state index contributed by atoms with van der Waals surface area (Å²) >= 11 is 0. The summed E-state index contributed by atoms with van der Waals surface area (Å²) in [6.07, 6.45) is 2.94. The number of hydrogen-bond donors (Lipinski definition) is 0. The molecule has 0 aliphatic carbocycles. The zero-order valence-electron chi connectivity index (χ0n) is 15.7. The molecule has 0 atom stereocenters. The molecule has 0 bridgehead atoms. The van der Waals surface area contributed by atoms with Crippen molar-refractivity contribution in [3.63, 3.8) is 0 Å². The minimum Gasteiger partial charge on any atom is -0.480 e. The fourth-order valence-corrected chi connectivity index (χ4v) is 3.80. The van der Waals surface area contributed by atoms with Crippen LogP contribution < -0.4 is 4.74 Å². The van der Waals surface area contributed by atoms with Gasteiger partial charge >= 0.3 is 0 Å². The van der Waals surface area contributed by atoms with E-state index in [9.17, 15) is 4.79 Å². The van der Waals surface area contributed by atoms with Gasteiger partial charge in [0.05, 0.1) is 7.11 Å². The highest BCUT2D eigenvalue weighted by Crippen LogP contribution is 2.27. The van der Waals surface area contributed by atoms with Crippen LogP contribution in [0.3, 0.4) is 0 Å². The summed E-state index contributed by atoms with van der Waals surface area (Å²) in [5.74, 6) is 1.91. The van der Waals surface area contributed by atoms with Crippen LogP contribution in [0.15, 0.2) is 12.1 Å². The topological polar surface area (TPSA) is 85.1 Å². The molecule has 2 aliphatic rings. The zero-order valence-corrected chi connectivity index (χ0v) is 15.7. The molecule has 0 aromatic carbocycles. The van der Waals surface area contributed by atoms with Gasteiger partial charge in [-0.2, -0.15) is 4.52 Å². The Morgan fingerprint density at radius 2 is 2.04 bits per heavy atom. The van der Waals surface area contributed by atoms with Gasteiger partial charge in [-0.1, -0.05) is 0 Å². The zero-order chi connectivity index (χ0) is 18.6. The summed E-state index contributed by atoms with van der Waals surface area (Å²) in [6.45, 7) is 5.36. The van der Waals surface area contributed by atoms with Crippen LogP contribution >= 0.6 is 0 Å². The fourth-order valence-electron chi connectivity index (χ4n) is 3.80. The molecule has 0 saturated carbocycles. The molecule has 2 aromatic rings. The van der Waals surface area contributed by atoms with Crippen LogP contribution in [-0.2, 0) is 9.53 Å². The molecule has 0 spiro atoms. The molecule has 1 amide bonds. The van der Waals surface area contributed by atoms with Crippen molar-refractivity contribution < 1.29 is 14.3 Å². The number of hydrogen-bond acceptors (Lipinski definition) is 7. The van der Waals surface area contributed by atoms with Crippen molar-refractivity contribution in [1.29, 1.82) is 0 Å². The number of fused-ring (bicyclic) bond motifs is 1. The number of carbonyl (C=O) groups excluding carboxylic acids is 1. The van der Waals surface area contributed by atoms with E-state index in [2.05, 4.69) is 20.2 Å². The van der Waals surface area contributed by atoms with Crippen LogP contribution in [-0.4, -0.2) is 88.6 Å². The van der Waals surface area contributed by atoms with Gasteiger partial charge < -0.3 is 19.3 Å². The molecule has 27 heavy (non-hydrogen) atoms. The Balaban J connectivity index is 1.33. The van der Waals surface area contributed by atoms with E-state index in [1.54, 1.807) is 17.7 Å². The Morgan fingerprint density at radius 3 is 2.85 bits per heavy atom. The lowest BCUT2D eigenvalue weighted by Gasteiger charge is -2.32. The first-order chi connectivity index (χ1) is 13.2.